The topological polar surface area (TPSA) is 25.8 Å². The molecule has 2 aromatic heterocycles. The summed E-state index contributed by atoms with van der Waals surface area (Å²) in [4.78, 5) is 10.5. The molecule has 10 aromatic rings. The third-order valence-electron chi connectivity index (χ3n) is 11.5. The molecule has 0 unspecified atom stereocenters. The molecule has 1 aliphatic carbocycles. The van der Waals surface area contributed by atoms with Gasteiger partial charge in [0.1, 0.15) is 0 Å². The van der Waals surface area contributed by atoms with Crippen molar-refractivity contribution >= 4 is 32.7 Å². The molecule has 0 fully saturated rings. The van der Waals surface area contributed by atoms with Crippen LogP contribution < -0.4 is 0 Å². The largest absolute Gasteiger partial charge is 0.245 e. The zero-order chi connectivity index (χ0) is 36.3. The molecular formula is C53H34N2. The number of pyridine rings is 2. The third kappa shape index (κ3) is 4.82. The van der Waals surface area contributed by atoms with E-state index in [1.165, 1.54) is 55.6 Å². The van der Waals surface area contributed by atoms with Gasteiger partial charge in [-0.1, -0.05) is 188 Å². The number of para-hydroxylation sites is 1. The molecule has 0 saturated heterocycles. The Labute approximate surface area is 320 Å². The second-order valence-corrected chi connectivity index (χ2v) is 14.5. The first kappa shape index (κ1) is 31.4. The molecule has 2 heteroatoms. The van der Waals surface area contributed by atoms with Crippen LogP contribution in [0.1, 0.15) is 22.3 Å². The van der Waals surface area contributed by atoms with Crippen molar-refractivity contribution < 1.29 is 0 Å². The van der Waals surface area contributed by atoms with Gasteiger partial charge in [0.25, 0.3) is 0 Å². The van der Waals surface area contributed by atoms with Gasteiger partial charge in [0.15, 0.2) is 0 Å². The maximum atomic E-state index is 5.31. The van der Waals surface area contributed by atoms with Crippen molar-refractivity contribution in [2.24, 2.45) is 0 Å². The van der Waals surface area contributed by atoms with Crippen LogP contribution in [-0.2, 0) is 5.41 Å². The normalized spacial score (nSPS) is 12.9. The lowest BCUT2D eigenvalue weighted by atomic mass is 9.67. The van der Waals surface area contributed by atoms with Crippen LogP contribution in [0.5, 0.6) is 0 Å². The van der Waals surface area contributed by atoms with Gasteiger partial charge in [0.05, 0.1) is 27.7 Å². The molecule has 11 rings (SSSR count). The molecule has 256 valence electrons. The zero-order valence-corrected chi connectivity index (χ0v) is 30.0. The molecule has 0 bridgehead atoms. The first-order chi connectivity index (χ1) is 27.3. The van der Waals surface area contributed by atoms with Crippen LogP contribution in [0.2, 0.25) is 0 Å². The van der Waals surface area contributed by atoms with Gasteiger partial charge >= 0.3 is 0 Å². The van der Waals surface area contributed by atoms with E-state index in [1.807, 2.05) is 0 Å². The molecular weight excluding hydrogens is 665 g/mol. The predicted octanol–water partition coefficient (Wildman–Crippen LogP) is 13.3. The van der Waals surface area contributed by atoms with Gasteiger partial charge in [-0.05, 0) is 68.3 Å². The summed E-state index contributed by atoms with van der Waals surface area (Å²) >= 11 is 0. The van der Waals surface area contributed by atoms with Gasteiger partial charge in [-0.2, -0.15) is 0 Å². The van der Waals surface area contributed by atoms with E-state index in [9.17, 15) is 0 Å². The number of hydrogen-bond donors (Lipinski definition) is 0. The molecule has 2 heterocycles. The van der Waals surface area contributed by atoms with Crippen LogP contribution in [0, 0.1) is 0 Å². The summed E-state index contributed by atoms with van der Waals surface area (Å²) in [6.07, 6.45) is 0. The SMILES string of the molecule is c1ccc(-c2c3ccccc3nc3c2ccc2ccc(-c4ccc(-c5ccc6c(c5)C(c5ccccc5)(c5ccccc5)c5ccccc5-6)cc4)nc23)cc1. The first-order valence-electron chi connectivity index (χ1n) is 18.9. The van der Waals surface area contributed by atoms with Gasteiger partial charge in [0.2, 0.25) is 0 Å². The van der Waals surface area contributed by atoms with E-state index in [0.29, 0.717) is 0 Å². The number of nitrogens with zero attached hydrogens (tertiary/aromatic N) is 2. The quantitative estimate of drug-likeness (QED) is 0.132. The van der Waals surface area contributed by atoms with Crippen molar-refractivity contribution in [3.63, 3.8) is 0 Å². The molecule has 0 saturated carbocycles. The summed E-state index contributed by atoms with van der Waals surface area (Å²) in [6.45, 7) is 0. The average Bonchev–Trinajstić information content (AvgIpc) is 3.57. The van der Waals surface area contributed by atoms with E-state index in [2.05, 4.69) is 206 Å². The molecule has 0 radical (unpaired) electrons. The Bertz CT molecular complexity index is 3020. The zero-order valence-electron chi connectivity index (χ0n) is 30.0. The van der Waals surface area contributed by atoms with Crippen LogP contribution in [0.3, 0.4) is 0 Å². The number of aromatic nitrogens is 2. The summed E-state index contributed by atoms with van der Waals surface area (Å²) in [7, 11) is 0. The smallest absolute Gasteiger partial charge is 0.0978 e. The Balaban J connectivity index is 1.03. The first-order valence-corrected chi connectivity index (χ1v) is 18.9. The number of rotatable bonds is 5. The number of benzene rings is 8. The monoisotopic (exact) mass is 698 g/mol. The van der Waals surface area contributed by atoms with Crippen LogP contribution in [0.4, 0.5) is 0 Å². The fourth-order valence-corrected chi connectivity index (χ4v) is 9.07. The Morgan fingerprint density at radius 3 is 1.71 bits per heavy atom. The fraction of sp³-hybridized carbons (Fsp3) is 0.0189. The Hall–Kier alpha value is -7.16. The van der Waals surface area contributed by atoms with E-state index in [1.54, 1.807) is 0 Å². The molecule has 0 N–H and O–H groups in total. The minimum atomic E-state index is -0.429. The molecule has 1 aliphatic rings. The van der Waals surface area contributed by atoms with Gasteiger partial charge in [-0.15, -0.1) is 0 Å². The Morgan fingerprint density at radius 1 is 0.345 bits per heavy atom. The highest BCUT2D eigenvalue weighted by molar-refractivity contribution is 6.16. The lowest BCUT2D eigenvalue weighted by molar-refractivity contribution is 0.769. The summed E-state index contributed by atoms with van der Waals surface area (Å²) in [6, 6.07) is 74.5. The second-order valence-electron chi connectivity index (χ2n) is 14.5. The molecule has 0 spiro atoms. The minimum Gasteiger partial charge on any atom is -0.245 e. The third-order valence-corrected chi connectivity index (χ3v) is 11.5. The lowest BCUT2D eigenvalue weighted by Gasteiger charge is -2.34. The van der Waals surface area contributed by atoms with Crippen LogP contribution in [-0.4, -0.2) is 9.97 Å². The number of hydrogen-bond acceptors (Lipinski definition) is 2. The van der Waals surface area contributed by atoms with E-state index in [4.69, 9.17) is 9.97 Å². The standard InChI is InChI=1S/C53H34N2/c1-4-14-37(15-5-1)50-44-21-11-13-23-49(44)55-52-45(50)32-28-38-30-33-48(54-51(38)52)36-26-24-35(25-27-36)39-29-31-43-42-20-10-12-22-46(42)53(47(43)34-39,40-16-6-2-7-17-40)41-18-8-3-9-19-41/h1-34H. The maximum absolute atomic E-state index is 5.31. The van der Waals surface area contributed by atoms with Gasteiger partial charge in [-0.25, -0.2) is 9.97 Å². The highest BCUT2D eigenvalue weighted by atomic mass is 14.8. The molecule has 0 atom stereocenters. The molecule has 0 aliphatic heterocycles. The summed E-state index contributed by atoms with van der Waals surface area (Å²) in [5.74, 6) is 0. The fourth-order valence-electron chi connectivity index (χ4n) is 9.07. The van der Waals surface area contributed by atoms with E-state index in [0.717, 1.165) is 44.0 Å². The molecule has 2 nitrogen and oxygen atoms in total. The van der Waals surface area contributed by atoms with Gasteiger partial charge < -0.3 is 0 Å². The second kappa shape index (κ2) is 12.5. The van der Waals surface area contributed by atoms with Gasteiger partial charge in [-0.3, -0.25) is 0 Å². The van der Waals surface area contributed by atoms with Crippen molar-refractivity contribution in [2.75, 3.05) is 0 Å². The Kier molecular flexibility index (Phi) is 7.11. The summed E-state index contributed by atoms with van der Waals surface area (Å²) in [5, 5.41) is 3.33. The predicted molar refractivity (Wildman–Crippen MR) is 228 cm³/mol. The highest BCUT2D eigenvalue weighted by Gasteiger charge is 2.46. The van der Waals surface area contributed by atoms with Crippen molar-refractivity contribution in [3.8, 4) is 44.6 Å². The minimum absolute atomic E-state index is 0.429. The van der Waals surface area contributed by atoms with Crippen molar-refractivity contribution in [1.82, 2.24) is 9.97 Å². The van der Waals surface area contributed by atoms with E-state index < -0.39 is 5.41 Å². The van der Waals surface area contributed by atoms with Gasteiger partial charge in [0, 0.05) is 27.3 Å². The summed E-state index contributed by atoms with van der Waals surface area (Å²) < 4.78 is 0. The highest BCUT2D eigenvalue weighted by Crippen LogP contribution is 2.56. The van der Waals surface area contributed by atoms with Crippen LogP contribution in [0.15, 0.2) is 206 Å². The lowest BCUT2D eigenvalue weighted by Crippen LogP contribution is -2.28. The summed E-state index contributed by atoms with van der Waals surface area (Å²) in [5.41, 5.74) is 16.9. The Morgan fingerprint density at radius 2 is 0.945 bits per heavy atom. The van der Waals surface area contributed by atoms with Crippen LogP contribution >= 0.6 is 0 Å². The van der Waals surface area contributed by atoms with E-state index >= 15 is 0 Å². The van der Waals surface area contributed by atoms with Crippen LogP contribution in [0.25, 0.3) is 77.3 Å². The number of fused-ring (bicyclic) bond motifs is 7. The average molecular weight is 699 g/mol. The molecule has 8 aromatic carbocycles. The molecule has 0 amide bonds. The van der Waals surface area contributed by atoms with Crippen molar-refractivity contribution in [3.05, 3.63) is 229 Å². The molecule has 55 heavy (non-hydrogen) atoms. The van der Waals surface area contributed by atoms with E-state index in [-0.39, 0.29) is 0 Å². The van der Waals surface area contributed by atoms with Crippen molar-refractivity contribution in [2.45, 2.75) is 5.41 Å². The van der Waals surface area contributed by atoms with Crippen molar-refractivity contribution in [1.29, 1.82) is 0 Å². The maximum Gasteiger partial charge on any atom is 0.0978 e.